The minimum absolute atomic E-state index is 0.00250. The van der Waals surface area contributed by atoms with Crippen molar-refractivity contribution in [3.8, 4) is 0 Å². The standard InChI is InChI=1S/C10H15F3/c1-7(2,3)8-4-9(5-8,6-8)10(11,12)13/h4-6H2,1-3H3. The number of alkyl halides is 3. The van der Waals surface area contributed by atoms with Gasteiger partial charge in [0.15, 0.2) is 0 Å². The SMILES string of the molecule is CC(C)(C)C12CC(C(F)(F)F)(C1)C2. The van der Waals surface area contributed by atoms with Gasteiger partial charge in [-0.1, -0.05) is 20.8 Å². The molecule has 2 bridgehead atoms. The molecule has 3 saturated carbocycles. The van der Waals surface area contributed by atoms with E-state index in [2.05, 4.69) is 0 Å². The predicted molar refractivity (Wildman–Crippen MR) is 44.2 cm³/mol. The third-order valence-corrected chi connectivity index (χ3v) is 4.22. The molecular weight excluding hydrogens is 177 g/mol. The van der Waals surface area contributed by atoms with E-state index >= 15 is 0 Å². The van der Waals surface area contributed by atoms with Crippen molar-refractivity contribution < 1.29 is 13.2 Å². The van der Waals surface area contributed by atoms with Crippen LogP contribution < -0.4 is 0 Å². The lowest BCUT2D eigenvalue weighted by molar-refractivity contribution is -0.385. The molecule has 13 heavy (non-hydrogen) atoms. The Hall–Kier alpha value is -0.210. The van der Waals surface area contributed by atoms with Crippen molar-refractivity contribution >= 4 is 0 Å². The minimum Gasteiger partial charge on any atom is -0.171 e. The van der Waals surface area contributed by atoms with Crippen molar-refractivity contribution in [3.63, 3.8) is 0 Å². The van der Waals surface area contributed by atoms with Crippen LogP contribution in [0.4, 0.5) is 13.2 Å². The molecule has 0 nitrogen and oxygen atoms in total. The first-order chi connectivity index (χ1) is 5.62. The van der Waals surface area contributed by atoms with Crippen LogP contribution in [0.15, 0.2) is 0 Å². The van der Waals surface area contributed by atoms with Crippen LogP contribution in [0.2, 0.25) is 0 Å². The monoisotopic (exact) mass is 192 g/mol. The summed E-state index contributed by atoms with van der Waals surface area (Å²) >= 11 is 0. The third kappa shape index (κ3) is 0.882. The van der Waals surface area contributed by atoms with Crippen LogP contribution in [-0.2, 0) is 0 Å². The largest absolute Gasteiger partial charge is 0.394 e. The van der Waals surface area contributed by atoms with Gasteiger partial charge in [-0.2, -0.15) is 13.2 Å². The second kappa shape index (κ2) is 1.91. The maximum Gasteiger partial charge on any atom is 0.394 e. The Kier molecular flexibility index (Phi) is 1.38. The van der Waals surface area contributed by atoms with E-state index < -0.39 is 11.6 Å². The van der Waals surface area contributed by atoms with Gasteiger partial charge in [0.05, 0.1) is 5.41 Å². The molecule has 3 rings (SSSR count). The minimum atomic E-state index is -3.96. The fourth-order valence-electron chi connectivity index (χ4n) is 2.88. The zero-order valence-corrected chi connectivity index (χ0v) is 8.26. The van der Waals surface area contributed by atoms with Gasteiger partial charge in [-0.25, -0.2) is 0 Å². The van der Waals surface area contributed by atoms with Crippen molar-refractivity contribution in [2.24, 2.45) is 16.2 Å². The Balaban J connectivity index is 2.09. The summed E-state index contributed by atoms with van der Waals surface area (Å²) in [6.45, 7) is 6.14. The van der Waals surface area contributed by atoms with Crippen molar-refractivity contribution in [1.29, 1.82) is 0 Å². The van der Waals surface area contributed by atoms with Crippen LogP contribution in [0.3, 0.4) is 0 Å². The molecule has 3 fully saturated rings. The van der Waals surface area contributed by atoms with Gasteiger partial charge in [0.25, 0.3) is 0 Å². The van der Waals surface area contributed by atoms with E-state index in [1.807, 2.05) is 20.8 Å². The second-order valence-electron chi connectivity index (χ2n) is 5.84. The molecule has 0 spiro atoms. The van der Waals surface area contributed by atoms with Crippen molar-refractivity contribution in [2.45, 2.75) is 46.2 Å². The molecule has 0 atom stereocenters. The molecule has 0 aliphatic heterocycles. The zero-order chi connectivity index (χ0) is 10.1. The zero-order valence-electron chi connectivity index (χ0n) is 8.26. The Morgan fingerprint density at radius 3 is 1.46 bits per heavy atom. The topological polar surface area (TPSA) is 0 Å². The van der Waals surface area contributed by atoms with Crippen LogP contribution in [0, 0.1) is 16.2 Å². The van der Waals surface area contributed by atoms with E-state index in [9.17, 15) is 13.2 Å². The van der Waals surface area contributed by atoms with Gasteiger partial charge in [-0.3, -0.25) is 0 Å². The Labute approximate surface area is 76.5 Å². The summed E-state index contributed by atoms with van der Waals surface area (Å²) in [4.78, 5) is 0. The van der Waals surface area contributed by atoms with Crippen LogP contribution in [0.1, 0.15) is 40.0 Å². The summed E-state index contributed by atoms with van der Waals surface area (Å²) in [5.41, 5.74) is -1.23. The van der Waals surface area contributed by atoms with Crippen molar-refractivity contribution in [3.05, 3.63) is 0 Å². The Morgan fingerprint density at radius 2 is 1.23 bits per heavy atom. The molecule has 0 N–H and O–H groups in total. The highest BCUT2D eigenvalue weighted by molar-refractivity contribution is 5.23. The number of hydrogen-bond donors (Lipinski definition) is 0. The van der Waals surface area contributed by atoms with Gasteiger partial charge in [-0.05, 0) is 30.1 Å². The first kappa shape index (κ1) is 9.35. The molecule has 3 aliphatic carbocycles. The van der Waals surface area contributed by atoms with Crippen LogP contribution in [0.25, 0.3) is 0 Å². The lowest BCUT2D eigenvalue weighted by Gasteiger charge is -2.75. The average Bonchev–Trinajstić information content (AvgIpc) is 1.41. The highest BCUT2D eigenvalue weighted by Crippen LogP contribution is 2.83. The number of hydrogen-bond acceptors (Lipinski definition) is 0. The third-order valence-electron chi connectivity index (χ3n) is 4.22. The maximum absolute atomic E-state index is 12.5. The molecule has 76 valence electrons. The van der Waals surface area contributed by atoms with E-state index in [0.717, 1.165) is 0 Å². The van der Waals surface area contributed by atoms with Crippen molar-refractivity contribution in [1.82, 2.24) is 0 Å². The molecule has 0 aromatic heterocycles. The van der Waals surface area contributed by atoms with Gasteiger partial charge in [0, 0.05) is 0 Å². The molecule has 0 aromatic carbocycles. The number of rotatable bonds is 0. The maximum atomic E-state index is 12.5. The lowest BCUT2D eigenvalue weighted by atomic mass is 9.29. The highest BCUT2D eigenvalue weighted by atomic mass is 19.4. The molecule has 0 aromatic rings. The van der Waals surface area contributed by atoms with Gasteiger partial charge in [-0.15, -0.1) is 0 Å². The van der Waals surface area contributed by atoms with Crippen LogP contribution >= 0.6 is 0 Å². The lowest BCUT2D eigenvalue weighted by Crippen LogP contribution is -2.72. The van der Waals surface area contributed by atoms with Gasteiger partial charge in [0.2, 0.25) is 0 Å². The second-order valence-corrected chi connectivity index (χ2v) is 5.84. The van der Waals surface area contributed by atoms with Gasteiger partial charge < -0.3 is 0 Å². The molecule has 3 heteroatoms. The van der Waals surface area contributed by atoms with E-state index in [1.54, 1.807) is 0 Å². The van der Waals surface area contributed by atoms with Crippen LogP contribution in [-0.4, -0.2) is 6.18 Å². The fraction of sp³-hybridized carbons (Fsp3) is 1.00. The summed E-state index contributed by atoms with van der Waals surface area (Å²) in [7, 11) is 0. The van der Waals surface area contributed by atoms with E-state index in [4.69, 9.17) is 0 Å². The normalized spacial score (nSPS) is 43.8. The molecule has 0 unspecified atom stereocenters. The molecule has 0 radical (unpaired) electrons. The summed E-state index contributed by atoms with van der Waals surface area (Å²) in [6.07, 6.45) is -2.85. The smallest absolute Gasteiger partial charge is 0.171 e. The molecule has 0 saturated heterocycles. The summed E-state index contributed by atoms with van der Waals surface area (Å²) in [5, 5.41) is 0. The van der Waals surface area contributed by atoms with E-state index in [-0.39, 0.29) is 10.8 Å². The fourth-order valence-corrected chi connectivity index (χ4v) is 2.88. The highest BCUT2D eigenvalue weighted by Gasteiger charge is 2.80. The average molecular weight is 192 g/mol. The number of halogens is 3. The molecule has 0 heterocycles. The van der Waals surface area contributed by atoms with Gasteiger partial charge in [0.1, 0.15) is 0 Å². The van der Waals surface area contributed by atoms with Crippen LogP contribution in [0.5, 0.6) is 0 Å². The molecular formula is C10H15F3. The molecule has 3 aliphatic rings. The quantitative estimate of drug-likeness (QED) is 0.548. The Bertz CT molecular complexity index is 200. The summed E-state index contributed by atoms with van der Waals surface area (Å²) < 4.78 is 37.4. The Morgan fingerprint density at radius 1 is 0.846 bits per heavy atom. The van der Waals surface area contributed by atoms with Gasteiger partial charge >= 0.3 is 6.18 Å². The summed E-state index contributed by atoms with van der Waals surface area (Å²) in [5.74, 6) is 0. The molecule has 0 amide bonds. The van der Waals surface area contributed by atoms with Crippen molar-refractivity contribution in [2.75, 3.05) is 0 Å². The first-order valence-electron chi connectivity index (χ1n) is 4.69. The first-order valence-corrected chi connectivity index (χ1v) is 4.69. The van der Waals surface area contributed by atoms with E-state index in [0.29, 0.717) is 19.3 Å². The summed E-state index contributed by atoms with van der Waals surface area (Å²) in [6, 6.07) is 0. The predicted octanol–water partition coefficient (Wildman–Crippen LogP) is 3.77. The van der Waals surface area contributed by atoms with E-state index in [1.165, 1.54) is 0 Å².